The summed E-state index contributed by atoms with van der Waals surface area (Å²) in [7, 11) is 3.00. The van der Waals surface area contributed by atoms with E-state index in [0.717, 1.165) is 0 Å². The van der Waals surface area contributed by atoms with Crippen molar-refractivity contribution in [3.63, 3.8) is 0 Å². The lowest BCUT2D eigenvalue weighted by Gasteiger charge is -2.18. The number of carboxylic acids is 1. The number of hydrogen-bond acceptors (Lipinski definition) is 8. The summed E-state index contributed by atoms with van der Waals surface area (Å²) in [6, 6.07) is 3.29. The van der Waals surface area contributed by atoms with Gasteiger partial charge in [0, 0.05) is 11.5 Å². The maximum atomic E-state index is 10.9. The number of nitrogens with one attached hydrogen (secondary N) is 1. The number of rotatable bonds is 6. The van der Waals surface area contributed by atoms with E-state index in [-0.39, 0.29) is 18.3 Å². The zero-order chi connectivity index (χ0) is 17.2. The summed E-state index contributed by atoms with van der Waals surface area (Å²) in [5.74, 6) is -0.103. The molecule has 0 radical (unpaired) electrons. The fraction of sp³-hybridized carbons (Fsp3) is 0.357. The Morgan fingerprint density at radius 1 is 1.30 bits per heavy atom. The van der Waals surface area contributed by atoms with E-state index >= 15 is 0 Å². The molecule has 0 spiro atoms. The van der Waals surface area contributed by atoms with Gasteiger partial charge in [-0.1, -0.05) is 0 Å². The number of aliphatic hydroxyl groups is 1. The van der Waals surface area contributed by atoms with E-state index in [1.165, 1.54) is 21.1 Å². The monoisotopic (exact) mass is 322 g/mol. The average molecular weight is 322 g/mol. The van der Waals surface area contributed by atoms with Crippen LogP contribution in [0.5, 0.6) is 11.5 Å². The summed E-state index contributed by atoms with van der Waals surface area (Å²) in [6.07, 6.45) is 0. The molecule has 0 aliphatic rings. The van der Waals surface area contributed by atoms with Crippen LogP contribution >= 0.6 is 0 Å². The molecule has 9 nitrogen and oxygen atoms in total. The quantitative estimate of drug-likeness (QED) is 0.597. The maximum Gasteiger partial charge on any atom is 0.337 e. The van der Waals surface area contributed by atoms with Crippen LogP contribution in [-0.2, 0) is 4.79 Å². The Kier molecular flexibility index (Phi) is 4.41. The summed E-state index contributed by atoms with van der Waals surface area (Å²) in [5, 5.41) is 21.8. The predicted molar refractivity (Wildman–Crippen MR) is 83.8 cm³/mol. The van der Waals surface area contributed by atoms with Crippen LogP contribution < -0.4 is 20.5 Å². The Morgan fingerprint density at radius 2 is 1.91 bits per heavy atom. The smallest absolute Gasteiger partial charge is 0.337 e. The molecule has 1 unspecified atom stereocenters. The molecule has 2 aromatic rings. The van der Waals surface area contributed by atoms with Gasteiger partial charge in [-0.05, 0) is 13.0 Å². The lowest BCUT2D eigenvalue weighted by atomic mass is 10.1. The topological polar surface area (TPSA) is 140 Å². The average Bonchev–Trinajstić information content (AvgIpc) is 2.51. The number of nitrogen functional groups attached to an aromatic ring is 1. The number of ether oxygens (including phenoxy) is 2. The largest absolute Gasteiger partial charge is 0.493 e. The van der Waals surface area contributed by atoms with Crippen LogP contribution in [0.15, 0.2) is 12.1 Å². The molecular formula is C14H18N4O5. The van der Waals surface area contributed by atoms with Crippen LogP contribution in [0.25, 0.3) is 10.9 Å². The number of carboxylic acid groups (broad SMARTS) is 1. The highest BCUT2D eigenvalue weighted by Gasteiger charge is 2.29. The van der Waals surface area contributed by atoms with Gasteiger partial charge >= 0.3 is 5.97 Å². The van der Waals surface area contributed by atoms with Crippen molar-refractivity contribution in [3.8, 4) is 11.5 Å². The third-order valence-electron chi connectivity index (χ3n) is 3.28. The number of nitrogens with zero attached hydrogens (tertiary/aromatic N) is 2. The number of benzene rings is 1. The van der Waals surface area contributed by atoms with E-state index in [9.17, 15) is 9.90 Å². The molecule has 0 aliphatic heterocycles. The number of anilines is 2. The van der Waals surface area contributed by atoms with E-state index < -0.39 is 11.6 Å². The SMILES string of the molecule is COc1cc2nc(NCC(C)(O)C(=O)O)nc(N)c2cc1OC. The summed E-state index contributed by atoms with van der Waals surface area (Å²) in [4.78, 5) is 19.2. The molecule has 2 rings (SSSR count). The molecule has 5 N–H and O–H groups in total. The molecule has 1 aromatic carbocycles. The highest BCUT2D eigenvalue weighted by Crippen LogP contribution is 2.33. The molecule has 1 atom stereocenters. The number of carbonyl (C=O) groups is 1. The van der Waals surface area contributed by atoms with Gasteiger partial charge in [0.2, 0.25) is 5.95 Å². The molecule has 0 bridgehead atoms. The lowest BCUT2D eigenvalue weighted by molar-refractivity contribution is -0.155. The third-order valence-corrected chi connectivity index (χ3v) is 3.28. The molecule has 0 saturated carbocycles. The van der Waals surface area contributed by atoms with Gasteiger partial charge in [-0.3, -0.25) is 0 Å². The Labute approximate surface area is 132 Å². The van der Waals surface area contributed by atoms with Crippen molar-refractivity contribution in [1.29, 1.82) is 0 Å². The zero-order valence-corrected chi connectivity index (χ0v) is 13.0. The van der Waals surface area contributed by atoms with Gasteiger partial charge < -0.3 is 30.7 Å². The van der Waals surface area contributed by atoms with Crippen molar-refractivity contribution in [2.75, 3.05) is 31.8 Å². The van der Waals surface area contributed by atoms with E-state index in [1.807, 2.05) is 0 Å². The first kappa shape index (κ1) is 16.6. The lowest BCUT2D eigenvalue weighted by Crippen LogP contribution is -2.42. The van der Waals surface area contributed by atoms with E-state index in [2.05, 4.69) is 15.3 Å². The van der Waals surface area contributed by atoms with Crippen LogP contribution in [0, 0.1) is 0 Å². The fourth-order valence-electron chi connectivity index (χ4n) is 1.89. The van der Waals surface area contributed by atoms with Crippen molar-refractivity contribution >= 4 is 28.6 Å². The van der Waals surface area contributed by atoms with Crippen LogP contribution in [-0.4, -0.2) is 52.5 Å². The molecule has 0 aliphatic carbocycles. The van der Waals surface area contributed by atoms with Crippen LogP contribution in [0.3, 0.4) is 0 Å². The maximum absolute atomic E-state index is 10.9. The van der Waals surface area contributed by atoms with Gasteiger partial charge in [-0.2, -0.15) is 4.98 Å². The number of hydrogen-bond donors (Lipinski definition) is 4. The number of methoxy groups -OCH3 is 2. The summed E-state index contributed by atoms with van der Waals surface area (Å²) in [6.45, 7) is 0.890. The Balaban J connectivity index is 2.39. The summed E-state index contributed by atoms with van der Waals surface area (Å²) in [5.41, 5.74) is 4.44. The minimum absolute atomic E-state index is 0.101. The number of nitrogens with two attached hydrogens (primary N) is 1. The van der Waals surface area contributed by atoms with E-state index in [4.69, 9.17) is 20.3 Å². The molecule has 1 aromatic heterocycles. The standard InChI is InChI=1S/C14H18N4O5/c1-14(21,12(19)20)6-16-13-17-8-5-10(23-3)9(22-2)4-7(8)11(15)18-13/h4-5,21H,6H2,1-3H3,(H,19,20)(H3,15,16,17,18). The van der Waals surface area contributed by atoms with Gasteiger partial charge in [-0.15, -0.1) is 0 Å². The van der Waals surface area contributed by atoms with Crippen LogP contribution in [0.1, 0.15) is 6.92 Å². The van der Waals surface area contributed by atoms with Gasteiger partial charge in [0.15, 0.2) is 17.1 Å². The summed E-state index contributed by atoms with van der Waals surface area (Å²) < 4.78 is 10.4. The van der Waals surface area contributed by atoms with Crippen molar-refractivity contribution < 1.29 is 24.5 Å². The molecule has 124 valence electrons. The number of fused-ring (bicyclic) bond motifs is 1. The molecule has 0 saturated heterocycles. The molecule has 23 heavy (non-hydrogen) atoms. The molecule has 0 amide bonds. The van der Waals surface area contributed by atoms with Crippen molar-refractivity contribution in [3.05, 3.63) is 12.1 Å². The molecule has 0 fully saturated rings. The molecule has 1 heterocycles. The molecule has 9 heteroatoms. The van der Waals surface area contributed by atoms with Crippen molar-refractivity contribution in [1.82, 2.24) is 9.97 Å². The normalized spacial score (nSPS) is 13.4. The second kappa shape index (κ2) is 6.13. The van der Waals surface area contributed by atoms with Gasteiger partial charge in [0.05, 0.1) is 26.3 Å². The molecular weight excluding hydrogens is 304 g/mol. The first-order valence-electron chi connectivity index (χ1n) is 6.67. The van der Waals surface area contributed by atoms with E-state index in [0.29, 0.717) is 22.4 Å². The van der Waals surface area contributed by atoms with Crippen LogP contribution in [0.2, 0.25) is 0 Å². The second-order valence-corrected chi connectivity index (χ2v) is 5.09. The summed E-state index contributed by atoms with van der Waals surface area (Å²) >= 11 is 0. The van der Waals surface area contributed by atoms with Gasteiger partial charge in [0.1, 0.15) is 5.82 Å². The second-order valence-electron chi connectivity index (χ2n) is 5.09. The van der Waals surface area contributed by atoms with Crippen LogP contribution in [0.4, 0.5) is 11.8 Å². The first-order chi connectivity index (χ1) is 10.8. The minimum atomic E-state index is -1.95. The third kappa shape index (κ3) is 3.34. The van der Waals surface area contributed by atoms with Crippen molar-refractivity contribution in [2.24, 2.45) is 0 Å². The fourth-order valence-corrected chi connectivity index (χ4v) is 1.89. The Morgan fingerprint density at radius 3 is 2.48 bits per heavy atom. The predicted octanol–water partition coefficient (Wildman–Crippen LogP) is 0.477. The first-order valence-corrected chi connectivity index (χ1v) is 6.67. The highest BCUT2D eigenvalue weighted by atomic mass is 16.5. The Bertz CT molecular complexity index is 748. The zero-order valence-electron chi connectivity index (χ0n) is 13.0. The highest BCUT2D eigenvalue weighted by molar-refractivity contribution is 5.91. The number of aromatic nitrogens is 2. The number of aliphatic carboxylic acids is 1. The van der Waals surface area contributed by atoms with Gasteiger partial charge in [0.25, 0.3) is 0 Å². The van der Waals surface area contributed by atoms with Gasteiger partial charge in [-0.25, -0.2) is 9.78 Å². The Hall–Kier alpha value is -2.81. The van der Waals surface area contributed by atoms with E-state index in [1.54, 1.807) is 12.1 Å². The van der Waals surface area contributed by atoms with Crippen molar-refractivity contribution in [2.45, 2.75) is 12.5 Å². The minimum Gasteiger partial charge on any atom is -0.493 e.